The summed E-state index contributed by atoms with van der Waals surface area (Å²) in [5.41, 5.74) is 2.14. The van der Waals surface area contributed by atoms with Crippen LogP contribution >= 0.6 is 0 Å². The SMILES string of the molecule is C[C@]1(C(=O)O)C[C@@H]2C[C@H]1c1ccccc12. The Morgan fingerprint density at radius 2 is 2.07 bits per heavy atom. The number of carbonyl (C=O) groups is 1. The van der Waals surface area contributed by atoms with Gasteiger partial charge in [0.2, 0.25) is 0 Å². The van der Waals surface area contributed by atoms with Crippen LogP contribution in [0.5, 0.6) is 0 Å². The van der Waals surface area contributed by atoms with Gasteiger partial charge in [0.1, 0.15) is 0 Å². The molecule has 0 aromatic heterocycles. The second-order valence-electron chi connectivity index (χ2n) is 5.04. The maximum absolute atomic E-state index is 11.3. The highest BCUT2D eigenvalue weighted by atomic mass is 16.4. The number of carboxylic acids is 1. The minimum atomic E-state index is -0.635. The van der Waals surface area contributed by atoms with Gasteiger partial charge in [0.05, 0.1) is 5.41 Å². The summed E-state index contributed by atoms with van der Waals surface area (Å²) >= 11 is 0. The van der Waals surface area contributed by atoms with Gasteiger partial charge in [-0.3, -0.25) is 4.79 Å². The molecule has 15 heavy (non-hydrogen) atoms. The van der Waals surface area contributed by atoms with E-state index in [0.29, 0.717) is 5.92 Å². The van der Waals surface area contributed by atoms with Crippen molar-refractivity contribution in [2.24, 2.45) is 5.41 Å². The van der Waals surface area contributed by atoms with Crippen molar-refractivity contribution in [1.82, 2.24) is 0 Å². The third kappa shape index (κ3) is 0.969. The van der Waals surface area contributed by atoms with Crippen LogP contribution in [-0.4, -0.2) is 11.1 Å². The van der Waals surface area contributed by atoms with Gasteiger partial charge in [-0.15, -0.1) is 0 Å². The molecule has 0 saturated heterocycles. The first-order valence-corrected chi connectivity index (χ1v) is 5.45. The van der Waals surface area contributed by atoms with E-state index in [0.717, 1.165) is 12.8 Å². The monoisotopic (exact) mass is 202 g/mol. The molecule has 1 N–H and O–H groups in total. The summed E-state index contributed by atoms with van der Waals surface area (Å²) in [4.78, 5) is 11.3. The van der Waals surface area contributed by atoms with Crippen LogP contribution in [0.4, 0.5) is 0 Å². The molecule has 3 rings (SSSR count). The fraction of sp³-hybridized carbons (Fsp3) is 0.462. The number of fused-ring (bicyclic) bond motifs is 5. The predicted molar refractivity (Wildman–Crippen MR) is 56.9 cm³/mol. The molecule has 1 aromatic carbocycles. The Hall–Kier alpha value is -1.31. The summed E-state index contributed by atoms with van der Waals surface area (Å²) in [5.74, 6) is 0.0769. The predicted octanol–water partition coefficient (Wildman–Crippen LogP) is 2.75. The van der Waals surface area contributed by atoms with Gasteiger partial charge in [-0.1, -0.05) is 24.3 Å². The molecule has 3 atom stereocenters. The summed E-state index contributed by atoms with van der Waals surface area (Å²) < 4.78 is 0. The van der Waals surface area contributed by atoms with E-state index in [1.165, 1.54) is 11.1 Å². The van der Waals surface area contributed by atoms with Crippen LogP contribution in [0.25, 0.3) is 0 Å². The fourth-order valence-electron chi connectivity index (χ4n) is 3.43. The van der Waals surface area contributed by atoms with E-state index < -0.39 is 11.4 Å². The maximum atomic E-state index is 11.3. The molecule has 0 unspecified atom stereocenters. The van der Waals surface area contributed by atoms with Gasteiger partial charge in [0, 0.05) is 5.92 Å². The average Bonchev–Trinajstić information content (AvgIpc) is 2.74. The molecular weight excluding hydrogens is 188 g/mol. The number of hydrogen-bond acceptors (Lipinski definition) is 1. The lowest BCUT2D eigenvalue weighted by Gasteiger charge is -2.31. The van der Waals surface area contributed by atoms with Gasteiger partial charge >= 0.3 is 5.97 Å². The quantitative estimate of drug-likeness (QED) is 0.760. The average molecular weight is 202 g/mol. The Kier molecular flexibility index (Phi) is 1.57. The van der Waals surface area contributed by atoms with E-state index in [2.05, 4.69) is 18.2 Å². The lowest BCUT2D eigenvalue weighted by atomic mass is 9.72. The van der Waals surface area contributed by atoms with E-state index >= 15 is 0 Å². The molecule has 2 aliphatic carbocycles. The fourth-order valence-corrected chi connectivity index (χ4v) is 3.43. The van der Waals surface area contributed by atoms with Crippen LogP contribution in [0.3, 0.4) is 0 Å². The van der Waals surface area contributed by atoms with Gasteiger partial charge in [-0.25, -0.2) is 0 Å². The lowest BCUT2D eigenvalue weighted by molar-refractivity contribution is -0.148. The van der Waals surface area contributed by atoms with Crippen molar-refractivity contribution < 1.29 is 9.90 Å². The zero-order valence-electron chi connectivity index (χ0n) is 8.73. The van der Waals surface area contributed by atoms with Crippen molar-refractivity contribution >= 4 is 5.97 Å². The molecule has 2 nitrogen and oxygen atoms in total. The molecular formula is C13H14O2. The Balaban J connectivity index is 2.13. The molecule has 1 fully saturated rings. The third-order valence-electron chi connectivity index (χ3n) is 4.26. The molecule has 0 heterocycles. The number of hydrogen-bond donors (Lipinski definition) is 1. The standard InChI is InChI=1S/C13H14O2/c1-13(12(14)15)7-8-6-11(13)10-5-3-2-4-9(8)10/h2-5,8,11H,6-7H2,1H3,(H,14,15)/t8-,11-,13-/m0/s1. The van der Waals surface area contributed by atoms with Crippen LogP contribution in [0.2, 0.25) is 0 Å². The normalized spacial score (nSPS) is 36.6. The van der Waals surface area contributed by atoms with Crippen LogP contribution in [0.15, 0.2) is 24.3 Å². The molecule has 0 aliphatic heterocycles. The van der Waals surface area contributed by atoms with E-state index in [9.17, 15) is 9.90 Å². The minimum absolute atomic E-state index is 0.233. The highest BCUT2D eigenvalue weighted by Crippen LogP contribution is 2.62. The van der Waals surface area contributed by atoms with E-state index in [1.807, 2.05) is 13.0 Å². The molecule has 78 valence electrons. The van der Waals surface area contributed by atoms with Gasteiger partial charge in [0.15, 0.2) is 0 Å². The molecule has 2 bridgehead atoms. The summed E-state index contributed by atoms with van der Waals surface area (Å²) in [6.07, 6.45) is 1.84. The molecule has 0 amide bonds. The summed E-state index contributed by atoms with van der Waals surface area (Å²) in [5, 5.41) is 9.32. The topological polar surface area (TPSA) is 37.3 Å². The van der Waals surface area contributed by atoms with E-state index in [1.54, 1.807) is 0 Å². The number of rotatable bonds is 1. The highest BCUT2D eigenvalue weighted by molar-refractivity contribution is 5.77. The van der Waals surface area contributed by atoms with Crippen molar-refractivity contribution in [2.45, 2.75) is 31.6 Å². The highest BCUT2D eigenvalue weighted by Gasteiger charge is 2.55. The molecule has 2 heteroatoms. The molecule has 2 aliphatic rings. The Bertz CT molecular complexity index is 438. The summed E-state index contributed by atoms with van der Waals surface area (Å²) in [6.45, 7) is 1.90. The lowest BCUT2D eigenvalue weighted by Crippen LogP contribution is -2.32. The van der Waals surface area contributed by atoms with Gasteiger partial charge in [-0.05, 0) is 36.8 Å². The molecule has 1 saturated carbocycles. The first-order chi connectivity index (χ1) is 7.13. The Morgan fingerprint density at radius 3 is 2.73 bits per heavy atom. The van der Waals surface area contributed by atoms with Gasteiger partial charge < -0.3 is 5.11 Å². The zero-order chi connectivity index (χ0) is 10.6. The number of aliphatic carboxylic acids is 1. The maximum Gasteiger partial charge on any atom is 0.309 e. The Labute approximate surface area is 88.9 Å². The van der Waals surface area contributed by atoms with Crippen LogP contribution < -0.4 is 0 Å². The smallest absolute Gasteiger partial charge is 0.309 e. The first-order valence-electron chi connectivity index (χ1n) is 5.45. The second kappa shape index (κ2) is 2.63. The number of carboxylic acid groups (broad SMARTS) is 1. The first kappa shape index (κ1) is 8.96. The zero-order valence-corrected chi connectivity index (χ0v) is 8.73. The third-order valence-corrected chi connectivity index (χ3v) is 4.26. The van der Waals surface area contributed by atoms with E-state index in [4.69, 9.17) is 0 Å². The minimum Gasteiger partial charge on any atom is -0.481 e. The van der Waals surface area contributed by atoms with E-state index in [-0.39, 0.29) is 5.92 Å². The Morgan fingerprint density at radius 1 is 1.40 bits per heavy atom. The van der Waals surface area contributed by atoms with Gasteiger partial charge in [-0.2, -0.15) is 0 Å². The van der Waals surface area contributed by atoms with Crippen LogP contribution in [-0.2, 0) is 4.79 Å². The number of benzene rings is 1. The molecule has 1 aromatic rings. The van der Waals surface area contributed by atoms with Crippen molar-refractivity contribution in [1.29, 1.82) is 0 Å². The second-order valence-corrected chi connectivity index (χ2v) is 5.04. The summed E-state index contributed by atoms with van der Waals surface area (Å²) in [6, 6.07) is 8.32. The van der Waals surface area contributed by atoms with Gasteiger partial charge in [0.25, 0.3) is 0 Å². The largest absolute Gasteiger partial charge is 0.481 e. The van der Waals surface area contributed by atoms with Crippen molar-refractivity contribution in [3.8, 4) is 0 Å². The molecule has 0 spiro atoms. The van der Waals surface area contributed by atoms with Crippen LogP contribution in [0, 0.1) is 5.41 Å². The molecule has 0 radical (unpaired) electrons. The van der Waals surface area contributed by atoms with Crippen molar-refractivity contribution in [3.63, 3.8) is 0 Å². The summed E-state index contributed by atoms with van der Waals surface area (Å²) in [7, 11) is 0. The van der Waals surface area contributed by atoms with Crippen LogP contribution in [0.1, 0.15) is 42.7 Å². The van der Waals surface area contributed by atoms with Crippen molar-refractivity contribution in [3.05, 3.63) is 35.4 Å². The van der Waals surface area contributed by atoms with Crippen molar-refractivity contribution in [2.75, 3.05) is 0 Å².